The first-order chi connectivity index (χ1) is 12.2. The molecule has 1 amide bonds. The zero-order valence-corrected chi connectivity index (χ0v) is 13.7. The summed E-state index contributed by atoms with van der Waals surface area (Å²) in [6, 6.07) is 20.4. The normalized spacial score (nSPS) is 10.3. The van der Waals surface area contributed by atoms with Gasteiger partial charge in [0.05, 0.1) is 0 Å². The molecule has 126 valence electrons. The van der Waals surface area contributed by atoms with Crippen LogP contribution in [0.3, 0.4) is 0 Å². The Labute approximate surface area is 146 Å². The Bertz CT molecular complexity index is 833. The van der Waals surface area contributed by atoms with E-state index in [0.29, 0.717) is 30.3 Å². The van der Waals surface area contributed by atoms with Gasteiger partial charge in [0.2, 0.25) is 5.88 Å². The molecule has 1 heterocycles. The van der Waals surface area contributed by atoms with Gasteiger partial charge in [-0.3, -0.25) is 4.79 Å². The Balaban J connectivity index is 1.60. The molecule has 5 nitrogen and oxygen atoms in total. The first-order valence-corrected chi connectivity index (χ1v) is 7.99. The molecule has 0 atom stereocenters. The summed E-state index contributed by atoms with van der Waals surface area (Å²) < 4.78 is 5.69. The Morgan fingerprint density at radius 3 is 2.48 bits per heavy atom. The van der Waals surface area contributed by atoms with Crippen molar-refractivity contribution in [3.8, 4) is 11.6 Å². The van der Waals surface area contributed by atoms with Crippen molar-refractivity contribution in [2.45, 2.75) is 13.1 Å². The lowest BCUT2D eigenvalue weighted by Crippen LogP contribution is -2.22. The summed E-state index contributed by atoms with van der Waals surface area (Å²) in [5.41, 5.74) is 8.19. The van der Waals surface area contributed by atoms with Crippen molar-refractivity contribution in [2.75, 3.05) is 0 Å². The summed E-state index contributed by atoms with van der Waals surface area (Å²) in [6.45, 7) is 0.924. The molecule has 0 aliphatic heterocycles. The number of pyridine rings is 1. The van der Waals surface area contributed by atoms with Crippen LogP contribution >= 0.6 is 0 Å². The Morgan fingerprint density at radius 2 is 1.76 bits per heavy atom. The lowest BCUT2D eigenvalue weighted by atomic mass is 10.2. The number of aromatic nitrogens is 1. The van der Waals surface area contributed by atoms with E-state index >= 15 is 0 Å². The predicted octanol–water partition coefficient (Wildman–Crippen LogP) is 3.26. The van der Waals surface area contributed by atoms with E-state index in [0.717, 1.165) is 11.1 Å². The van der Waals surface area contributed by atoms with E-state index in [1.165, 1.54) is 0 Å². The number of nitrogens with zero attached hydrogens (tertiary/aromatic N) is 1. The van der Waals surface area contributed by atoms with Crippen molar-refractivity contribution in [2.24, 2.45) is 5.73 Å². The fraction of sp³-hybridized carbons (Fsp3) is 0.100. The fourth-order valence-electron chi connectivity index (χ4n) is 2.31. The molecule has 0 bridgehead atoms. The summed E-state index contributed by atoms with van der Waals surface area (Å²) in [4.78, 5) is 16.3. The summed E-state index contributed by atoms with van der Waals surface area (Å²) in [5.74, 6) is 0.962. The van der Waals surface area contributed by atoms with Crippen molar-refractivity contribution in [3.05, 3.63) is 89.6 Å². The van der Waals surface area contributed by atoms with Gasteiger partial charge in [-0.15, -0.1) is 0 Å². The molecule has 0 unspecified atom stereocenters. The van der Waals surface area contributed by atoms with Gasteiger partial charge in [0.25, 0.3) is 5.91 Å². The van der Waals surface area contributed by atoms with Crippen LogP contribution in [-0.4, -0.2) is 10.9 Å². The van der Waals surface area contributed by atoms with Crippen LogP contribution in [0.5, 0.6) is 11.6 Å². The third-order valence-corrected chi connectivity index (χ3v) is 3.67. The second-order valence-corrected chi connectivity index (χ2v) is 5.50. The van der Waals surface area contributed by atoms with Crippen LogP contribution < -0.4 is 15.8 Å². The molecule has 5 heteroatoms. The molecule has 3 rings (SSSR count). The standard InChI is InChI=1S/C20H19N3O2/c21-13-16-10-11-22-19(12-16)25-18-8-6-17(7-9-18)20(24)23-14-15-4-2-1-3-5-15/h1-12H,13-14,21H2,(H,23,24). The molecule has 0 aliphatic carbocycles. The molecule has 0 saturated carbocycles. The summed E-state index contributed by atoms with van der Waals surface area (Å²) in [7, 11) is 0. The molecule has 0 aliphatic rings. The molecule has 1 aromatic heterocycles. The van der Waals surface area contributed by atoms with Crippen LogP contribution in [0.4, 0.5) is 0 Å². The van der Waals surface area contributed by atoms with Crippen LogP contribution in [0, 0.1) is 0 Å². The number of carbonyl (C=O) groups is 1. The third kappa shape index (κ3) is 4.65. The number of nitrogens with two attached hydrogens (primary N) is 1. The number of benzene rings is 2. The van der Waals surface area contributed by atoms with Crippen LogP contribution in [0.25, 0.3) is 0 Å². The van der Waals surface area contributed by atoms with Crippen molar-refractivity contribution >= 4 is 5.91 Å². The van der Waals surface area contributed by atoms with Crippen LogP contribution in [-0.2, 0) is 13.1 Å². The molecule has 3 aromatic rings. The van der Waals surface area contributed by atoms with Gasteiger partial charge in [-0.2, -0.15) is 0 Å². The zero-order chi connectivity index (χ0) is 17.5. The van der Waals surface area contributed by atoms with E-state index in [9.17, 15) is 4.79 Å². The average molecular weight is 333 g/mol. The first-order valence-electron chi connectivity index (χ1n) is 7.99. The molecule has 0 radical (unpaired) electrons. The maximum absolute atomic E-state index is 12.2. The number of rotatable bonds is 6. The van der Waals surface area contributed by atoms with Crippen molar-refractivity contribution in [3.63, 3.8) is 0 Å². The monoisotopic (exact) mass is 333 g/mol. The number of hydrogen-bond acceptors (Lipinski definition) is 4. The third-order valence-electron chi connectivity index (χ3n) is 3.67. The number of hydrogen-bond donors (Lipinski definition) is 2. The minimum Gasteiger partial charge on any atom is -0.439 e. The van der Waals surface area contributed by atoms with Crippen LogP contribution in [0.2, 0.25) is 0 Å². The largest absolute Gasteiger partial charge is 0.439 e. The summed E-state index contributed by atoms with van der Waals surface area (Å²) in [6.07, 6.45) is 1.66. The molecule has 2 aromatic carbocycles. The van der Waals surface area contributed by atoms with Crippen molar-refractivity contribution in [1.29, 1.82) is 0 Å². The smallest absolute Gasteiger partial charge is 0.251 e. The number of carbonyl (C=O) groups excluding carboxylic acids is 1. The quantitative estimate of drug-likeness (QED) is 0.726. The summed E-state index contributed by atoms with van der Waals surface area (Å²) in [5, 5.41) is 2.89. The lowest BCUT2D eigenvalue weighted by Gasteiger charge is -2.08. The van der Waals surface area contributed by atoms with Gasteiger partial charge >= 0.3 is 0 Å². The SMILES string of the molecule is NCc1ccnc(Oc2ccc(C(=O)NCc3ccccc3)cc2)c1. The van der Waals surface area contributed by atoms with Gasteiger partial charge < -0.3 is 15.8 Å². The topological polar surface area (TPSA) is 77.2 Å². The molecular weight excluding hydrogens is 314 g/mol. The van der Waals surface area contributed by atoms with Gasteiger partial charge in [0, 0.05) is 30.9 Å². The van der Waals surface area contributed by atoms with E-state index < -0.39 is 0 Å². The van der Waals surface area contributed by atoms with Gasteiger partial charge in [-0.1, -0.05) is 30.3 Å². The Hall–Kier alpha value is -3.18. The highest BCUT2D eigenvalue weighted by molar-refractivity contribution is 5.94. The number of ether oxygens (including phenoxy) is 1. The van der Waals surface area contributed by atoms with Crippen molar-refractivity contribution in [1.82, 2.24) is 10.3 Å². The summed E-state index contributed by atoms with van der Waals surface area (Å²) >= 11 is 0. The van der Waals surface area contributed by atoms with Crippen LogP contribution in [0.1, 0.15) is 21.5 Å². The lowest BCUT2D eigenvalue weighted by molar-refractivity contribution is 0.0951. The van der Waals surface area contributed by atoms with Gasteiger partial charge in [0.15, 0.2) is 0 Å². The molecule has 25 heavy (non-hydrogen) atoms. The minimum atomic E-state index is -0.126. The van der Waals surface area contributed by atoms with E-state index in [1.807, 2.05) is 36.4 Å². The van der Waals surface area contributed by atoms with Crippen molar-refractivity contribution < 1.29 is 9.53 Å². The molecular formula is C20H19N3O2. The van der Waals surface area contributed by atoms with E-state index in [4.69, 9.17) is 10.5 Å². The Kier molecular flexibility index (Phi) is 5.39. The van der Waals surface area contributed by atoms with Gasteiger partial charge in [-0.25, -0.2) is 4.98 Å². The van der Waals surface area contributed by atoms with E-state index in [-0.39, 0.29) is 5.91 Å². The molecule has 0 spiro atoms. The average Bonchev–Trinajstić information content (AvgIpc) is 2.67. The zero-order valence-electron chi connectivity index (χ0n) is 13.7. The maximum Gasteiger partial charge on any atom is 0.251 e. The fourth-order valence-corrected chi connectivity index (χ4v) is 2.31. The van der Waals surface area contributed by atoms with Gasteiger partial charge in [-0.05, 0) is 41.5 Å². The highest BCUT2D eigenvalue weighted by Crippen LogP contribution is 2.20. The van der Waals surface area contributed by atoms with Crippen LogP contribution in [0.15, 0.2) is 72.9 Å². The predicted molar refractivity (Wildman–Crippen MR) is 96.3 cm³/mol. The molecule has 3 N–H and O–H groups in total. The maximum atomic E-state index is 12.2. The van der Waals surface area contributed by atoms with E-state index in [1.54, 1.807) is 36.5 Å². The highest BCUT2D eigenvalue weighted by atomic mass is 16.5. The number of nitrogens with one attached hydrogen (secondary N) is 1. The first kappa shape index (κ1) is 16.7. The molecule has 0 saturated heterocycles. The number of amides is 1. The second-order valence-electron chi connectivity index (χ2n) is 5.50. The minimum absolute atomic E-state index is 0.126. The second kappa shape index (κ2) is 8.08. The van der Waals surface area contributed by atoms with E-state index in [2.05, 4.69) is 10.3 Å². The van der Waals surface area contributed by atoms with Gasteiger partial charge in [0.1, 0.15) is 5.75 Å². The molecule has 0 fully saturated rings. The highest BCUT2D eigenvalue weighted by Gasteiger charge is 2.06. The Morgan fingerprint density at radius 1 is 1.00 bits per heavy atom.